The van der Waals surface area contributed by atoms with E-state index < -0.39 is 43.9 Å². The largest absolute Gasteiger partial charge is 0.378 e. The second-order valence-electron chi connectivity index (χ2n) is 18.0. The van der Waals surface area contributed by atoms with Gasteiger partial charge in [0.05, 0.1) is 61.0 Å². The van der Waals surface area contributed by atoms with Gasteiger partial charge in [-0.1, -0.05) is 41.7 Å². The van der Waals surface area contributed by atoms with Crippen LogP contribution >= 0.6 is 23.5 Å². The van der Waals surface area contributed by atoms with Crippen LogP contribution in [0.4, 0.5) is 23.2 Å². The van der Waals surface area contributed by atoms with Crippen LogP contribution in [-0.4, -0.2) is 104 Å². The van der Waals surface area contributed by atoms with Crippen LogP contribution in [0, 0.1) is 41.4 Å². The number of halogens is 4. The van der Waals surface area contributed by atoms with Gasteiger partial charge in [-0.15, -0.1) is 0 Å². The van der Waals surface area contributed by atoms with Gasteiger partial charge in [0, 0.05) is 61.5 Å². The molecule has 2 aromatic heterocycles. The van der Waals surface area contributed by atoms with Gasteiger partial charge in [0.15, 0.2) is 10.3 Å². The molecule has 70 heavy (non-hydrogen) atoms. The Morgan fingerprint density at radius 2 is 1.19 bits per heavy atom. The molecule has 0 radical (unpaired) electrons. The maximum atomic E-state index is 15.2. The number of fused-ring (bicyclic) bond motifs is 2. The van der Waals surface area contributed by atoms with Gasteiger partial charge in [-0.3, -0.25) is 29.5 Å². The number of pyridine rings is 2. The summed E-state index contributed by atoms with van der Waals surface area (Å²) in [6.07, 6.45) is 6.15. The lowest BCUT2D eigenvalue weighted by Crippen LogP contribution is -2.49. The first-order valence-corrected chi connectivity index (χ1v) is 24.0. The Bertz CT molecular complexity index is 2770. The standard InChI is InChI=1S/2C25H23F2N5O2S/c1-24(21-13-25(21,35-23(28)31-24)22(33)32-7-9-34-10-8-32)17-11-15(3-5-18(17)26)12-19(27)20-6-4-16(29-2)14-30-20;1-24(21-12-25(21,35-23(29)31-24)22(33)32-6-8-34-9-7-32)17-10-15(2-4-18(17)26)11-19(27)20-5-3-16(13-28)14-30-20/h3-6,11-12,14,21H,7-10,13H2,1H3,(H2,28,31);2-5,10-11,14,21H,6-9,12H2,1H3,(H2,29,31)/b19-12-;19-11+/t2*21-,24+,25-/m00/s1. The van der Waals surface area contributed by atoms with Crippen molar-refractivity contribution in [2.45, 2.75) is 47.3 Å². The van der Waals surface area contributed by atoms with Gasteiger partial charge in [-0.25, -0.2) is 22.4 Å². The zero-order valence-corrected chi connectivity index (χ0v) is 39.6. The molecular weight excluding hydrogens is 945 g/mol. The Morgan fingerprint density at radius 3 is 1.57 bits per heavy atom. The minimum Gasteiger partial charge on any atom is -0.378 e. The number of hydrogen-bond acceptors (Lipinski definition) is 13. The highest BCUT2D eigenvalue weighted by atomic mass is 32.2. The van der Waals surface area contributed by atoms with Crippen molar-refractivity contribution < 1.29 is 36.6 Å². The van der Waals surface area contributed by atoms with Crippen LogP contribution < -0.4 is 11.5 Å². The Morgan fingerprint density at radius 1 is 0.743 bits per heavy atom. The van der Waals surface area contributed by atoms with Gasteiger partial charge in [-0.2, -0.15) is 5.26 Å². The molecule has 0 spiro atoms. The number of rotatable bonds is 8. The lowest BCUT2D eigenvalue weighted by atomic mass is 9.84. The predicted octanol–water partition coefficient (Wildman–Crippen LogP) is 7.59. The van der Waals surface area contributed by atoms with E-state index in [0.29, 0.717) is 87.8 Å². The molecule has 6 aliphatic rings. The molecular formula is C50H46F4N10O4S2. The zero-order chi connectivity index (χ0) is 49.6. The molecule has 4 aliphatic heterocycles. The summed E-state index contributed by atoms with van der Waals surface area (Å²) in [5.41, 5.74) is 12.3. The molecule has 0 bridgehead atoms. The van der Waals surface area contributed by atoms with Crippen LogP contribution in [-0.2, 0) is 30.1 Å². The number of amidine groups is 2. The Kier molecular flexibility index (Phi) is 13.1. The highest BCUT2D eigenvalue weighted by Gasteiger charge is 2.72. The van der Waals surface area contributed by atoms with E-state index in [2.05, 4.69) is 24.8 Å². The molecule has 14 nitrogen and oxygen atoms in total. The second-order valence-corrected chi connectivity index (χ2v) is 20.7. The molecule has 4 aromatic rings. The fourth-order valence-electron chi connectivity index (χ4n) is 9.85. The molecule has 2 aromatic carbocycles. The van der Waals surface area contributed by atoms with Gasteiger partial charge in [-0.05, 0) is 92.4 Å². The Hall–Kier alpha value is -6.58. The second kappa shape index (κ2) is 19.0. The van der Waals surface area contributed by atoms with Crippen LogP contribution in [0.5, 0.6) is 0 Å². The molecule has 20 heteroatoms. The highest BCUT2D eigenvalue weighted by molar-refractivity contribution is 8.16. The van der Waals surface area contributed by atoms with E-state index in [0.717, 1.165) is 0 Å². The first kappa shape index (κ1) is 48.4. The van der Waals surface area contributed by atoms with Gasteiger partial charge in [0.2, 0.25) is 17.5 Å². The van der Waals surface area contributed by atoms with E-state index in [-0.39, 0.29) is 56.5 Å². The minimum atomic E-state index is -1.08. The monoisotopic (exact) mass is 990 g/mol. The third-order valence-electron chi connectivity index (χ3n) is 13.7. The number of amides is 2. The summed E-state index contributed by atoms with van der Waals surface area (Å²) >= 11 is 2.51. The van der Waals surface area contributed by atoms with Gasteiger partial charge >= 0.3 is 0 Å². The van der Waals surface area contributed by atoms with Crippen molar-refractivity contribution in [3.05, 3.63) is 135 Å². The van der Waals surface area contributed by atoms with Crippen molar-refractivity contribution in [1.29, 1.82) is 5.26 Å². The summed E-state index contributed by atoms with van der Waals surface area (Å²) in [7, 11) is 0. The van der Waals surface area contributed by atoms with E-state index in [1.807, 2.05) is 6.07 Å². The molecule has 10 rings (SSSR count). The number of carbonyl (C=O) groups excluding carboxylic acids is 2. The molecule has 360 valence electrons. The third kappa shape index (κ3) is 9.05. The lowest BCUT2D eigenvalue weighted by molar-refractivity contribution is -0.136. The number of ether oxygens (including phenoxy) is 2. The van der Waals surface area contributed by atoms with Gasteiger partial charge in [0.25, 0.3) is 0 Å². The van der Waals surface area contributed by atoms with E-state index in [1.165, 1.54) is 96.6 Å². The SMILES string of the molecule is C[C@]1(c2cc(/C=C(/F)c3ccc(C#N)cn3)ccc2F)N=C(N)S[C@@]2(C(=O)N3CCOCC3)C[C@H]21.[C-]#[N+]c1ccc(/C(F)=C/c2ccc(F)c([C@@]3(C)N=C(N)S[C@@]4(C(=O)N5CCOCC5)C[C@H]43)c2)nc1. The number of morpholine rings is 2. The number of nitrogens with two attached hydrogens (primary N) is 2. The summed E-state index contributed by atoms with van der Waals surface area (Å²) in [5, 5.41) is 9.36. The lowest BCUT2D eigenvalue weighted by Gasteiger charge is -2.37. The fraction of sp³-hybridized carbons (Fsp3) is 0.360. The van der Waals surface area contributed by atoms with Crippen LogP contribution in [0.1, 0.15) is 65.9 Å². The number of thioether (sulfide) groups is 2. The molecule has 6 heterocycles. The number of nitriles is 1. The number of hydrogen-bond donors (Lipinski definition) is 2. The van der Waals surface area contributed by atoms with Crippen molar-refractivity contribution in [2.24, 2.45) is 33.3 Å². The fourth-order valence-corrected chi connectivity index (χ4v) is 12.7. The average molecular weight is 991 g/mol. The maximum Gasteiger partial charge on any atom is 0.239 e. The Labute approximate surface area is 409 Å². The summed E-state index contributed by atoms with van der Waals surface area (Å²) in [6, 6.07) is 16.3. The first-order valence-electron chi connectivity index (χ1n) is 22.4. The number of aliphatic imine (C=N–C) groups is 2. The summed E-state index contributed by atoms with van der Waals surface area (Å²) < 4.78 is 69.2. The van der Waals surface area contributed by atoms with E-state index in [9.17, 15) is 18.4 Å². The van der Waals surface area contributed by atoms with E-state index in [1.54, 1.807) is 35.8 Å². The van der Waals surface area contributed by atoms with Crippen LogP contribution in [0.3, 0.4) is 0 Å². The molecule has 2 amide bonds. The minimum absolute atomic E-state index is 0.0173. The summed E-state index contributed by atoms with van der Waals surface area (Å²) in [6.45, 7) is 14.6. The topological polar surface area (TPSA) is 190 Å². The molecule has 2 aliphatic carbocycles. The van der Waals surface area contributed by atoms with Crippen molar-refractivity contribution >= 4 is 75.2 Å². The third-order valence-corrected chi connectivity index (χ3v) is 16.3. The molecule has 2 saturated heterocycles. The van der Waals surface area contributed by atoms with E-state index in [4.69, 9.17) is 32.8 Å². The number of carbonyl (C=O) groups is 2. The average Bonchev–Trinajstić information content (AvgIpc) is 4.31. The quantitative estimate of drug-likeness (QED) is 0.131. The van der Waals surface area contributed by atoms with Crippen molar-refractivity contribution in [3.8, 4) is 6.07 Å². The van der Waals surface area contributed by atoms with E-state index >= 15 is 8.78 Å². The summed E-state index contributed by atoms with van der Waals surface area (Å²) in [4.78, 5) is 50.8. The number of nitrogens with zero attached hydrogens (tertiary/aromatic N) is 8. The van der Waals surface area contributed by atoms with Gasteiger partial charge < -0.3 is 30.7 Å². The van der Waals surface area contributed by atoms with Crippen LogP contribution in [0.2, 0.25) is 0 Å². The predicted molar refractivity (Wildman–Crippen MR) is 260 cm³/mol. The molecule has 0 unspecified atom stereocenters. The molecule has 2 saturated carbocycles. The zero-order valence-electron chi connectivity index (χ0n) is 38.0. The maximum absolute atomic E-state index is 15.2. The Balaban J connectivity index is 0.000000174. The highest BCUT2D eigenvalue weighted by Crippen LogP contribution is 2.68. The molecule has 6 atom stereocenters. The van der Waals surface area contributed by atoms with Crippen LogP contribution in [0.25, 0.3) is 28.7 Å². The molecule has 4 fully saturated rings. The normalized spacial score (nSPS) is 28.1. The first-order chi connectivity index (χ1) is 33.5. The smallest absolute Gasteiger partial charge is 0.239 e. The van der Waals surface area contributed by atoms with Crippen LogP contribution in [0.15, 0.2) is 83.0 Å². The number of benzene rings is 2. The molecule has 4 N–H and O–H groups in total. The van der Waals surface area contributed by atoms with Crippen molar-refractivity contribution in [2.75, 3.05) is 52.6 Å². The van der Waals surface area contributed by atoms with Gasteiger partial charge in [0.1, 0.15) is 38.9 Å². The van der Waals surface area contributed by atoms with Crippen molar-refractivity contribution in [1.82, 2.24) is 19.8 Å². The van der Waals surface area contributed by atoms with Crippen molar-refractivity contribution in [3.63, 3.8) is 0 Å². The summed E-state index contributed by atoms with van der Waals surface area (Å²) in [5.74, 6) is -2.76. The number of aromatic nitrogens is 2.